The van der Waals surface area contributed by atoms with Gasteiger partial charge >= 0.3 is 0 Å². The Kier molecular flexibility index (Phi) is 7.86. The molecule has 0 aliphatic heterocycles. The summed E-state index contributed by atoms with van der Waals surface area (Å²) in [6, 6.07) is 13.9. The van der Waals surface area contributed by atoms with Crippen LogP contribution in [-0.4, -0.2) is 39.3 Å². The number of thioether (sulfide) groups is 1. The van der Waals surface area contributed by atoms with Crippen LogP contribution in [0, 0.1) is 0 Å². The van der Waals surface area contributed by atoms with Crippen molar-refractivity contribution in [1.29, 1.82) is 0 Å². The number of nitrogens with zero attached hydrogens (tertiary/aromatic N) is 3. The van der Waals surface area contributed by atoms with Gasteiger partial charge in [-0.05, 0) is 66.2 Å². The maximum Gasteiger partial charge on any atom is 0.253 e. The van der Waals surface area contributed by atoms with Crippen LogP contribution < -0.4 is 10.1 Å². The molecule has 0 spiro atoms. The number of amides is 1. The number of hydrogen-bond acceptors (Lipinski definition) is 6. The first-order valence-electron chi connectivity index (χ1n) is 9.73. The van der Waals surface area contributed by atoms with Gasteiger partial charge in [0.25, 0.3) is 5.91 Å². The van der Waals surface area contributed by atoms with Gasteiger partial charge in [-0.2, -0.15) is 0 Å². The minimum absolute atomic E-state index is 0.00450. The van der Waals surface area contributed by atoms with Gasteiger partial charge in [0.05, 0.1) is 24.5 Å². The second kappa shape index (κ2) is 10.6. The molecule has 3 aromatic rings. The number of methoxy groups -OCH3 is 1. The molecule has 0 unspecified atom stereocenters. The molecule has 0 fully saturated rings. The van der Waals surface area contributed by atoms with Crippen LogP contribution in [0.5, 0.6) is 5.75 Å². The smallest absolute Gasteiger partial charge is 0.253 e. The molecule has 162 valence electrons. The zero-order chi connectivity index (χ0) is 22.4. The van der Waals surface area contributed by atoms with Crippen LogP contribution in [-0.2, 0) is 6.54 Å². The highest BCUT2D eigenvalue weighted by Gasteiger charge is 2.21. The topological polar surface area (TPSA) is 86.1 Å². The van der Waals surface area contributed by atoms with E-state index in [0.717, 1.165) is 4.47 Å². The quantitative estimate of drug-likeness (QED) is 0.341. The molecule has 9 heteroatoms. The highest BCUT2D eigenvalue weighted by Crippen LogP contribution is 2.23. The molecule has 3 rings (SSSR count). The van der Waals surface area contributed by atoms with Crippen molar-refractivity contribution in [3.05, 3.63) is 70.0 Å². The fourth-order valence-corrected chi connectivity index (χ4v) is 4.37. The summed E-state index contributed by atoms with van der Waals surface area (Å²) in [6.07, 6.45) is 0. The Morgan fingerprint density at radius 1 is 1.16 bits per heavy atom. The van der Waals surface area contributed by atoms with E-state index in [1.807, 2.05) is 36.6 Å². The number of carbonyl (C=O) groups is 2. The molecule has 1 aromatic heterocycles. The number of ether oxygens (including phenoxy) is 1. The molecule has 1 heterocycles. The SMILES string of the molecule is CCn1c(SCC(=O)c2ccc(OC)cc2)nnc1[C@@H](C)NC(=O)c1ccccc1Br. The Morgan fingerprint density at radius 2 is 1.87 bits per heavy atom. The first-order valence-corrected chi connectivity index (χ1v) is 11.5. The predicted molar refractivity (Wildman–Crippen MR) is 124 cm³/mol. The number of nitrogens with one attached hydrogen (secondary N) is 1. The van der Waals surface area contributed by atoms with Gasteiger partial charge < -0.3 is 14.6 Å². The van der Waals surface area contributed by atoms with Crippen molar-refractivity contribution in [1.82, 2.24) is 20.1 Å². The van der Waals surface area contributed by atoms with E-state index in [1.54, 1.807) is 37.4 Å². The highest BCUT2D eigenvalue weighted by atomic mass is 79.9. The molecular formula is C22H23BrN4O3S. The Labute approximate surface area is 193 Å². The number of hydrogen-bond donors (Lipinski definition) is 1. The van der Waals surface area contributed by atoms with Crippen molar-refractivity contribution in [2.75, 3.05) is 12.9 Å². The summed E-state index contributed by atoms with van der Waals surface area (Å²) in [7, 11) is 1.59. The zero-order valence-electron chi connectivity index (χ0n) is 17.5. The van der Waals surface area contributed by atoms with Crippen LogP contribution >= 0.6 is 27.7 Å². The number of carbonyl (C=O) groups excluding carboxylic acids is 2. The maximum atomic E-state index is 12.6. The van der Waals surface area contributed by atoms with Crippen molar-refractivity contribution < 1.29 is 14.3 Å². The third-order valence-corrected chi connectivity index (χ3v) is 6.32. The fourth-order valence-electron chi connectivity index (χ4n) is 3.00. The molecule has 0 aliphatic carbocycles. The van der Waals surface area contributed by atoms with Crippen LogP contribution in [0.2, 0.25) is 0 Å². The van der Waals surface area contributed by atoms with Gasteiger partial charge in [0.1, 0.15) is 5.75 Å². The van der Waals surface area contributed by atoms with Crippen LogP contribution in [0.1, 0.15) is 46.4 Å². The average molecular weight is 503 g/mol. The van der Waals surface area contributed by atoms with E-state index in [9.17, 15) is 9.59 Å². The largest absolute Gasteiger partial charge is 0.497 e. The predicted octanol–water partition coefficient (Wildman–Crippen LogP) is 4.54. The highest BCUT2D eigenvalue weighted by molar-refractivity contribution is 9.10. The number of rotatable bonds is 9. The average Bonchev–Trinajstić information content (AvgIpc) is 3.20. The summed E-state index contributed by atoms with van der Waals surface area (Å²) < 4.78 is 7.77. The van der Waals surface area contributed by atoms with Gasteiger partial charge in [-0.15, -0.1) is 10.2 Å². The summed E-state index contributed by atoms with van der Waals surface area (Å²) in [5.41, 5.74) is 1.17. The molecule has 0 saturated heterocycles. The third kappa shape index (κ3) is 5.54. The van der Waals surface area contributed by atoms with Crippen LogP contribution in [0.25, 0.3) is 0 Å². The lowest BCUT2D eigenvalue weighted by atomic mass is 10.1. The molecular weight excluding hydrogens is 480 g/mol. The van der Waals surface area contributed by atoms with Crippen molar-refractivity contribution in [2.45, 2.75) is 31.6 Å². The maximum absolute atomic E-state index is 12.6. The van der Waals surface area contributed by atoms with Crippen LogP contribution in [0.4, 0.5) is 0 Å². The zero-order valence-corrected chi connectivity index (χ0v) is 19.9. The normalized spacial score (nSPS) is 11.7. The van der Waals surface area contributed by atoms with E-state index in [1.165, 1.54) is 11.8 Å². The van der Waals surface area contributed by atoms with E-state index >= 15 is 0 Å². The lowest BCUT2D eigenvalue weighted by Crippen LogP contribution is -2.29. The minimum Gasteiger partial charge on any atom is -0.497 e. The van der Waals surface area contributed by atoms with Gasteiger partial charge in [0.2, 0.25) is 0 Å². The van der Waals surface area contributed by atoms with Gasteiger partial charge in [-0.25, -0.2) is 0 Å². The second-order valence-corrected chi connectivity index (χ2v) is 8.50. The number of aromatic nitrogens is 3. The van der Waals surface area contributed by atoms with Crippen molar-refractivity contribution in [2.24, 2.45) is 0 Å². The van der Waals surface area contributed by atoms with E-state index in [2.05, 4.69) is 31.4 Å². The molecule has 2 aromatic carbocycles. The molecule has 7 nitrogen and oxygen atoms in total. The van der Waals surface area contributed by atoms with Gasteiger partial charge in [-0.3, -0.25) is 9.59 Å². The first kappa shape index (κ1) is 23.0. The van der Waals surface area contributed by atoms with Gasteiger partial charge in [-0.1, -0.05) is 23.9 Å². The second-order valence-electron chi connectivity index (χ2n) is 6.70. The molecule has 0 saturated carbocycles. The first-order chi connectivity index (χ1) is 14.9. The van der Waals surface area contributed by atoms with Crippen molar-refractivity contribution in [3.8, 4) is 5.75 Å². The Morgan fingerprint density at radius 3 is 2.52 bits per heavy atom. The number of halogens is 1. The molecule has 0 aliphatic rings. The van der Waals surface area contributed by atoms with Crippen LogP contribution in [0.3, 0.4) is 0 Å². The van der Waals surface area contributed by atoms with E-state index < -0.39 is 0 Å². The number of benzene rings is 2. The van der Waals surface area contributed by atoms with Gasteiger partial charge in [0, 0.05) is 16.6 Å². The Balaban J connectivity index is 1.67. The van der Waals surface area contributed by atoms with E-state index in [0.29, 0.717) is 34.4 Å². The minimum atomic E-state index is -0.348. The fraction of sp³-hybridized carbons (Fsp3) is 0.273. The van der Waals surface area contributed by atoms with Crippen molar-refractivity contribution >= 4 is 39.4 Å². The monoisotopic (exact) mass is 502 g/mol. The lowest BCUT2D eigenvalue weighted by molar-refractivity contribution is 0.0936. The van der Waals surface area contributed by atoms with Crippen molar-refractivity contribution in [3.63, 3.8) is 0 Å². The summed E-state index contributed by atoms with van der Waals surface area (Å²) in [5.74, 6) is 1.38. The van der Waals surface area contributed by atoms with E-state index in [4.69, 9.17) is 4.74 Å². The Hall–Kier alpha value is -2.65. The summed E-state index contributed by atoms with van der Waals surface area (Å²) in [4.78, 5) is 25.1. The number of Topliss-reactive ketones (excluding diaryl/α,β-unsaturated/α-hetero) is 1. The standard InChI is InChI=1S/C22H23BrN4O3S/c1-4-27-20(14(2)24-21(29)17-7-5-6-8-18(17)23)25-26-22(27)31-13-19(28)15-9-11-16(30-3)12-10-15/h5-12,14H,4,13H2,1-3H3,(H,24,29)/t14-/m1/s1. The molecule has 1 N–H and O–H groups in total. The molecule has 31 heavy (non-hydrogen) atoms. The summed E-state index contributed by atoms with van der Waals surface area (Å²) in [6.45, 7) is 4.46. The molecule has 0 bridgehead atoms. The van der Waals surface area contributed by atoms with E-state index in [-0.39, 0.29) is 23.5 Å². The number of ketones is 1. The summed E-state index contributed by atoms with van der Waals surface area (Å²) in [5, 5.41) is 12.1. The molecule has 1 amide bonds. The van der Waals surface area contributed by atoms with Crippen LogP contribution in [0.15, 0.2) is 58.2 Å². The lowest BCUT2D eigenvalue weighted by Gasteiger charge is -2.15. The van der Waals surface area contributed by atoms with Gasteiger partial charge in [0.15, 0.2) is 16.8 Å². The Bertz CT molecular complexity index is 1070. The third-order valence-electron chi connectivity index (χ3n) is 4.66. The molecule has 0 radical (unpaired) electrons. The molecule has 1 atom stereocenters. The summed E-state index contributed by atoms with van der Waals surface area (Å²) >= 11 is 4.73.